The fourth-order valence-corrected chi connectivity index (χ4v) is 6.52. The van der Waals surface area contributed by atoms with Crippen LogP contribution in [-0.4, -0.2) is 5.78 Å². The van der Waals surface area contributed by atoms with Crippen LogP contribution in [0.15, 0.2) is 71.2 Å². The fourth-order valence-electron chi connectivity index (χ4n) is 5.92. The van der Waals surface area contributed by atoms with Crippen molar-refractivity contribution in [2.24, 2.45) is 11.1 Å². The molecule has 216 valence electrons. The lowest BCUT2D eigenvalue weighted by Crippen LogP contribution is -2.42. The Labute approximate surface area is 259 Å². The van der Waals surface area contributed by atoms with Crippen molar-refractivity contribution < 1.29 is 13.9 Å². The number of Topliss-reactive ketones (excluding diaryl/α,β-unsaturated/α-hetero) is 1. The smallest absolute Gasteiger partial charge is 0.162 e. The van der Waals surface area contributed by atoms with E-state index in [9.17, 15) is 14.4 Å². The van der Waals surface area contributed by atoms with Gasteiger partial charge in [0.15, 0.2) is 5.78 Å². The molecule has 2 aliphatic rings. The van der Waals surface area contributed by atoms with E-state index < -0.39 is 11.7 Å². The molecule has 5 nitrogen and oxygen atoms in total. The van der Waals surface area contributed by atoms with Crippen LogP contribution in [0.1, 0.15) is 54.9 Å². The van der Waals surface area contributed by atoms with Gasteiger partial charge in [0.05, 0.1) is 38.3 Å². The van der Waals surface area contributed by atoms with E-state index in [-0.39, 0.29) is 39.2 Å². The zero-order valence-electron chi connectivity index (χ0n) is 23.6. The first-order valence-corrected chi connectivity index (χ1v) is 14.5. The van der Waals surface area contributed by atoms with Gasteiger partial charge in [-0.2, -0.15) is 5.26 Å². The maximum absolute atomic E-state index is 14.0. The van der Waals surface area contributed by atoms with Crippen molar-refractivity contribution in [1.29, 1.82) is 5.26 Å². The number of nitrogens with zero attached hydrogens (tertiary/aromatic N) is 2. The molecular weight excluding hydrogens is 596 g/mol. The highest BCUT2D eigenvalue weighted by molar-refractivity contribution is 6.43. The Balaban J connectivity index is 1.68. The van der Waals surface area contributed by atoms with Gasteiger partial charge in [0.1, 0.15) is 24.0 Å². The maximum Gasteiger partial charge on any atom is 0.162 e. The molecule has 5 rings (SSSR count). The highest BCUT2D eigenvalue weighted by Crippen LogP contribution is 2.52. The summed E-state index contributed by atoms with van der Waals surface area (Å²) in [5.74, 6) is -0.636. The predicted molar refractivity (Wildman–Crippen MR) is 165 cm³/mol. The summed E-state index contributed by atoms with van der Waals surface area (Å²) in [5, 5.41) is 11.3. The van der Waals surface area contributed by atoms with Crippen molar-refractivity contribution >= 4 is 46.3 Å². The number of anilines is 1. The fraction of sp³-hybridized carbons (Fsp3) is 0.273. The highest BCUT2D eigenvalue weighted by Gasteiger charge is 2.45. The SMILES string of the molecule is Cc1cc(COc2ccc(F)cc2Cl)c(C)c(C2C(C#N)=C(N)N(c3cccc(Cl)c3Cl)C3=C2C(=O)CC(C)(C)C3)c1. The van der Waals surface area contributed by atoms with Crippen LogP contribution in [0.25, 0.3) is 0 Å². The highest BCUT2D eigenvalue weighted by atomic mass is 35.5. The van der Waals surface area contributed by atoms with Crippen molar-refractivity contribution in [3.63, 3.8) is 0 Å². The number of carbonyl (C=O) groups excluding carboxylic acids is 1. The van der Waals surface area contributed by atoms with E-state index in [4.69, 9.17) is 45.3 Å². The molecule has 0 fully saturated rings. The van der Waals surface area contributed by atoms with Crippen LogP contribution in [0.3, 0.4) is 0 Å². The number of benzene rings is 3. The zero-order valence-corrected chi connectivity index (χ0v) is 25.9. The number of allylic oxidation sites excluding steroid dienone is 3. The van der Waals surface area contributed by atoms with E-state index >= 15 is 0 Å². The average molecular weight is 625 g/mol. The molecule has 0 amide bonds. The van der Waals surface area contributed by atoms with Gasteiger partial charge >= 0.3 is 0 Å². The number of nitriles is 1. The number of rotatable bonds is 5. The summed E-state index contributed by atoms with van der Waals surface area (Å²) in [7, 11) is 0. The quantitative estimate of drug-likeness (QED) is 0.307. The number of nitrogens with two attached hydrogens (primary N) is 1. The van der Waals surface area contributed by atoms with Gasteiger partial charge in [-0.3, -0.25) is 9.69 Å². The molecule has 0 saturated heterocycles. The number of hydrogen-bond acceptors (Lipinski definition) is 5. The van der Waals surface area contributed by atoms with Crippen LogP contribution >= 0.6 is 34.8 Å². The molecule has 3 aromatic rings. The second kappa shape index (κ2) is 11.3. The van der Waals surface area contributed by atoms with E-state index in [0.29, 0.717) is 40.6 Å². The second-order valence-electron chi connectivity index (χ2n) is 11.6. The van der Waals surface area contributed by atoms with Gasteiger partial charge in [-0.05, 0) is 72.7 Å². The number of ether oxygens (including phenoxy) is 1. The van der Waals surface area contributed by atoms with Crippen LogP contribution < -0.4 is 15.4 Å². The van der Waals surface area contributed by atoms with Gasteiger partial charge in [-0.25, -0.2) is 4.39 Å². The summed E-state index contributed by atoms with van der Waals surface area (Å²) in [4.78, 5) is 15.7. The van der Waals surface area contributed by atoms with Crippen LogP contribution in [-0.2, 0) is 11.4 Å². The third kappa shape index (κ3) is 5.38. The minimum atomic E-state index is -0.684. The minimum Gasteiger partial charge on any atom is -0.487 e. The Bertz CT molecular complexity index is 1740. The molecule has 9 heteroatoms. The Hall–Kier alpha value is -3.50. The summed E-state index contributed by atoms with van der Waals surface area (Å²) in [6.45, 7) is 8.10. The molecular formula is C33H29Cl3FN3O2. The van der Waals surface area contributed by atoms with Crippen molar-refractivity contribution in [2.75, 3.05) is 4.90 Å². The summed E-state index contributed by atoms with van der Waals surface area (Å²) < 4.78 is 19.5. The topological polar surface area (TPSA) is 79.3 Å². The molecule has 0 radical (unpaired) electrons. The Morgan fingerprint density at radius 2 is 1.83 bits per heavy atom. The van der Waals surface area contributed by atoms with E-state index in [1.165, 1.54) is 18.2 Å². The van der Waals surface area contributed by atoms with Gasteiger partial charge in [-0.15, -0.1) is 0 Å². The lowest BCUT2D eigenvalue weighted by atomic mass is 9.68. The molecule has 3 aromatic carbocycles. The standard InChI is InChI=1S/C33H29Cl3FN3O2/c1-17-10-19(16-42-28-9-8-20(37)12-24(28)35)18(2)21(11-17)29-22(15-38)32(39)40(25-7-5-6-23(34)31(25)36)26-13-33(3,4)14-27(41)30(26)29/h5-12,29H,13-14,16,39H2,1-4H3. The first-order chi connectivity index (χ1) is 19.8. The second-order valence-corrected chi connectivity index (χ2v) is 12.7. The van der Waals surface area contributed by atoms with E-state index in [2.05, 4.69) is 6.07 Å². The van der Waals surface area contributed by atoms with Gasteiger partial charge in [-0.1, -0.05) is 72.4 Å². The molecule has 0 aromatic heterocycles. The predicted octanol–water partition coefficient (Wildman–Crippen LogP) is 8.92. The van der Waals surface area contributed by atoms with Gasteiger partial charge in [0, 0.05) is 17.7 Å². The van der Waals surface area contributed by atoms with Crippen LogP contribution in [0, 0.1) is 36.4 Å². The summed E-state index contributed by atoms with van der Waals surface area (Å²) in [6.07, 6.45) is 0.860. The molecule has 42 heavy (non-hydrogen) atoms. The van der Waals surface area contributed by atoms with E-state index in [1.807, 2.05) is 39.8 Å². The molecule has 1 atom stereocenters. The molecule has 2 N–H and O–H groups in total. The Morgan fingerprint density at radius 1 is 1.10 bits per heavy atom. The summed E-state index contributed by atoms with van der Waals surface area (Å²) >= 11 is 19.2. The summed E-state index contributed by atoms with van der Waals surface area (Å²) in [6, 6.07) is 15.5. The number of aryl methyl sites for hydroxylation is 1. The third-order valence-corrected chi connectivity index (χ3v) is 8.95. The summed E-state index contributed by atoms with van der Waals surface area (Å²) in [5.41, 5.74) is 11.9. The molecule has 1 aliphatic heterocycles. The van der Waals surface area contributed by atoms with E-state index in [0.717, 1.165) is 22.3 Å². The number of hydrogen-bond donors (Lipinski definition) is 1. The molecule has 0 spiro atoms. The van der Waals surface area contributed by atoms with Gasteiger partial charge in [0.2, 0.25) is 0 Å². The normalized spacial score (nSPS) is 18.2. The first-order valence-electron chi connectivity index (χ1n) is 13.4. The zero-order chi connectivity index (χ0) is 30.5. The molecule has 0 saturated carbocycles. The Kier molecular flexibility index (Phi) is 8.06. The molecule has 0 bridgehead atoms. The van der Waals surface area contributed by atoms with Crippen molar-refractivity contribution in [1.82, 2.24) is 0 Å². The molecule has 1 unspecified atom stereocenters. The molecule has 1 aliphatic carbocycles. The monoisotopic (exact) mass is 623 g/mol. The number of halogens is 4. The average Bonchev–Trinajstić information content (AvgIpc) is 2.90. The van der Waals surface area contributed by atoms with E-state index in [1.54, 1.807) is 23.1 Å². The van der Waals surface area contributed by atoms with Gasteiger partial charge < -0.3 is 10.5 Å². The van der Waals surface area contributed by atoms with Crippen LogP contribution in [0.4, 0.5) is 10.1 Å². The van der Waals surface area contributed by atoms with Crippen LogP contribution in [0.2, 0.25) is 15.1 Å². The van der Waals surface area contributed by atoms with Gasteiger partial charge in [0.25, 0.3) is 0 Å². The van der Waals surface area contributed by atoms with Crippen molar-refractivity contribution in [3.05, 3.63) is 114 Å². The lowest BCUT2D eigenvalue weighted by Gasteiger charge is -2.44. The lowest BCUT2D eigenvalue weighted by molar-refractivity contribution is -0.118. The van der Waals surface area contributed by atoms with Crippen molar-refractivity contribution in [3.8, 4) is 11.8 Å². The largest absolute Gasteiger partial charge is 0.487 e. The molecule has 1 heterocycles. The third-order valence-electron chi connectivity index (χ3n) is 7.84. The van der Waals surface area contributed by atoms with Crippen LogP contribution in [0.5, 0.6) is 5.75 Å². The number of carbonyl (C=O) groups is 1. The maximum atomic E-state index is 14.0. The van der Waals surface area contributed by atoms with Crippen molar-refractivity contribution in [2.45, 2.75) is 53.1 Å². The number of ketones is 1. The first kappa shape index (κ1) is 30.0. The minimum absolute atomic E-state index is 0.0496. The Morgan fingerprint density at radius 3 is 2.52 bits per heavy atom.